The fourth-order valence-electron chi connectivity index (χ4n) is 4.76. The number of aryl methyl sites for hydroxylation is 2. The van der Waals surface area contributed by atoms with Crippen molar-refractivity contribution < 1.29 is 23.9 Å². The Balaban J connectivity index is 1.64. The van der Waals surface area contributed by atoms with Crippen LogP contribution in [0.4, 0.5) is 11.4 Å². The molecule has 2 fully saturated rings. The van der Waals surface area contributed by atoms with Crippen molar-refractivity contribution in [2.45, 2.75) is 26.0 Å². The van der Waals surface area contributed by atoms with Gasteiger partial charge in [0.2, 0.25) is 5.91 Å². The summed E-state index contributed by atoms with van der Waals surface area (Å²) in [7, 11) is 3.16. The number of hydroxylamine groups is 1. The molecule has 0 N–H and O–H groups in total. The van der Waals surface area contributed by atoms with Gasteiger partial charge in [0, 0.05) is 11.6 Å². The third-order valence-electron chi connectivity index (χ3n) is 6.52. The van der Waals surface area contributed by atoms with Gasteiger partial charge in [-0.3, -0.25) is 14.4 Å². The highest BCUT2D eigenvalue weighted by Gasteiger charge is 2.60. The van der Waals surface area contributed by atoms with E-state index >= 15 is 0 Å². The van der Waals surface area contributed by atoms with Gasteiger partial charge in [-0.1, -0.05) is 35.9 Å². The molecule has 34 heavy (non-hydrogen) atoms. The van der Waals surface area contributed by atoms with Crippen LogP contribution in [0, 0.1) is 19.8 Å². The molecule has 0 aromatic heterocycles. The van der Waals surface area contributed by atoms with Crippen LogP contribution in [0.2, 0.25) is 0 Å². The first kappa shape index (κ1) is 22.0. The Kier molecular flexibility index (Phi) is 5.49. The minimum absolute atomic E-state index is 0.294. The number of carbonyl (C=O) groups is 2. The minimum atomic E-state index is -0.940. The van der Waals surface area contributed by atoms with E-state index in [4.69, 9.17) is 14.3 Å². The lowest BCUT2D eigenvalue weighted by atomic mass is 9.89. The van der Waals surface area contributed by atoms with E-state index in [1.54, 1.807) is 37.5 Å². The Labute approximate surface area is 198 Å². The maximum Gasteiger partial charge on any atom is 0.266 e. The van der Waals surface area contributed by atoms with Crippen molar-refractivity contribution in [2.75, 3.05) is 24.2 Å². The van der Waals surface area contributed by atoms with Gasteiger partial charge in [-0.05, 0) is 49.7 Å². The van der Waals surface area contributed by atoms with Crippen molar-refractivity contribution in [3.63, 3.8) is 0 Å². The highest BCUT2D eigenvalue weighted by molar-refractivity contribution is 6.24. The van der Waals surface area contributed by atoms with Gasteiger partial charge in [0.1, 0.15) is 17.4 Å². The summed E-state index contributed by atoms with van der Waals surface area (Å²) in [4.78, 5) is 34.8. The highest BCUT2D eigenvalue weighted by atomic mass is 16.7. The predicted molar refractivity (Wildman–Crippen MR) is 128 cm³/mol. The summed E-state index contributed by atoms with van der Waals surface area (Å²) >= 11 is 0. The number of amides is 2. The topological polar surface area (TPSA) is 68.3 Å². The lowest BCUT2D eigenvalue weighted by Crippen LogP contribution is -2.37. The first-order valence-electron chi connectivity index (χ1n) is 11.1. The largest absolute Gasteiger partial charge is 0.497 e. The summed E-state index contributed by atoms with van der Waals surface area (Å²) in [5.41, 5.74) is 4.09. The summed E-state index contributed by atoms with van der Waals surface area (Å²) in [5.74, 6) is -0.212. The summed E-state index contributed by atoms with van der Waals surface area (Å²) in [6, 6.07) is 20.0. The van der Waals surface area contributed by atoms with E-state index in [9.17, 15) is 9.59 Å². The number of anilines is 2. The second-order valence-electron chi connectivity index (χ2n) is 8.56. The summed E-state index contributed by atoms with van der Waals surface area (Å²) in [5, 5.41) is 1.69. The number of imide groups is 1. The molecule has 3 atom stereocenters. The lowest BCUT2D eigenvalue weighted by Gasteiger charge is -2.30. The van der Waals surface area contributed by atoms with Crippen molar-refractivity contribution in [3.8, 4) is 11.5 Å². The number of fused-ring (bicyclic) bond motifs is 1. The maximum atomic E-state index is 13.8. The standard InChI is InChI=1S/C27H26N2O5/c1-16-9-11-18(12-10-16)28-26(30)23-24(20-14-13-19(32-3)15-22(20)33-4)29(34-25(23)27(28)31)21-8-6-5-7-17(21)2/h5-15,23-25H,1-4H3/t23-,24+,25-/m0/s1. The SMILES string of the molecule is COc1ccc([C@@H]2[C@@H]3C(=O)N(c4ccc(C)cc4)C(=O)[C@H]3ON2c2ccccc2C)c(OC)c1. The molecule has 5 rings (SSSR count). The van der Waals surface area contributed by atoms with Crippen molar-refractivity contribution in [1.82, 2.24) is 0 Å². The molecule has 3 aromatic rings. The van der Waals surface area contributed by atoms with E-state index in [1.807, 2.05) is 62.4 Å². The van der Waals surface area contributed by atoms with Crippen LogP contribution in [0.15, 0.2) is 66.7 Å². The molecule has 0 saturated carbocycles. The van der Waals surface area contributed by atoms with Crippen LogP contribution in [0.3, 0.4) is 0 Å². The Bertz CT molecular complexity index is 1260. The van der Waals surface area contributed by atoms with Crippen LogP contribution in [-0.4, -0.2) is 32.1 Å². The molecule has 174 valence electrons. The van der Waals surface area contributed by atoms with Crippen LogP contribution < -0.4 is 19.4 Å². The molecule has 0 spiro atoms. The fourth-order valence-corrected chi connectivity index (χ4v) is 4.76. The zero-order valence-corrected chi connectivity index (χ0v) is 19.5. The minimum Gasteiger partial charge on any atom is -0.497 e. The molecule has 7 nitrogen and oxygen atoms in total. The van der Waals surface area contributed by atoms with E-state index in [1.165, 1.54) is 4.90 Å². The van der Waals surface area contributed by atoms with Gasteiger partial charge in [-0.2, -0.15) is 0 Å². The second-order valence-corrected chi connectivity index (χ2v) is 8.56. The molecule has 3 aromatic carbocycles. The monoisotopic (exact) mass is 458 g/mol. The van der Waals surface area contributed by atoms with Crippen LogP contribution in [0.1, 0.15) is 22.7 Å². The van der Waals surface area contributed by atoms with Crippen molar-refractivity contribution in [2.24, 2.45) is 5.92 Å². The number of benzene rings is 3. The number of hydrogen-bond acceptors (Lipinski definition) is 6. The highest BCUT2D eigenvalue weighted by Crippen LogP contribution is 2.50. The van der Waals surface area contributed by atoms with Crippen molar-refractivity contribution >= 4 is 23.2 Å². The molecular weight excluding hydrogens is 432 g/mol. The van der Waals surface area contributed by atoms with Crippen LogP contribution >= 0.6 is 0 Å². The van der Waals surface area contributed by atoms with Gasteiger partial charge in [0.25, 0.3) is 5.91 Å². The molecule has 0 unspecified atom stereocenters. The van der Waals surface area contributed by atoms with Gasteiger partial charge in [-0.15, -0.1) is 0 Å². The Hall–Kier alpha value is -3.84. The lowest BCUT2D eigenvalue weighted by molar-refractivity contribution is -0.126. The van der Waals surface area contributed by atoms with Crippen LogP contribution in [-0.2, 0) is 14.4 Å². The molecule has 7 heteroatoms. The average Bonchev–Trinajstić information content (AvgIpc) is 3.35. The predicted octanol–water partition coefficient (Wildman–Crippen LogP) is 4.37. The normalized spacial score (nSPS) is 21.7. The maximum absolute atomic E-state index is 13.8. The Morgan fingerprint density at radius 2 is 1.59 bits per heavy atom. The van der Waals surface area contributed by atoms with E-state index in [2.05, 4.69) is 0 Å². The third-order valence-corrected chi connectivity index (χ3v) is 6.52. The number of para-hydroxylation sites is 1. The molecule has 2 amide bonds. The number of rotatable bonds is 5. The Morgan fingerprint density at radius 3 is 2.26 bits per heavy atom. The van der Waals surface area contributed by atoms with Crippen molar-refractivity contribution in [3.05, 3.63) is 83.4 Å². The summed E-state index contributed by atoms with van der Waals surface area (Å²) in [6.45, 7) is 3.93. The first-order valence-corrected chi connectivity index (χ1v) is 11.1. The zero-order valence-electron chi connectivity index (χ0n) is 19.5. The third kappa shape index (κ3) is 3.40. The number of nitrogens with zero attached hydrogens (tertiary/aromatic N) is 2. The summed E-state index contributed by atoms with van der Waals surface area (Å²) in [6.07, 6.45) is -0.940. The van der Waals surface area contributed by atoms with Gasteiger partial charge >= 0.3 is 0 Å². The fraction of sp³-hybridized carbons (Fsp3) is 0.259. The van der Waals surface area contributed by atoms with E-state index in [-0.39, 0.29) is 11.8 Å². The first-order chi connectivity index (χ1) is 16.4. The van der Waals surface area contributed by atoms with Crippen LogP contribution in [0.25, 0.3) is 0 Å². The zero-order chi connectivity index (χ0) is 24.0. The van der Waals surface area contributed by atoms with Gasteiger partial charge in [0.15, 0.2) is 6.10 Å². The summed E-state index contributed by atoms with van der Waals surface area (Å²) < 4.78 is 11.0. The molecule has 0 aliphatic carbocycles. The number of methoxy groups -OCH3 is 2. The molecule has 0 radical (unpaired) electrons. The molecule has 2 aliphatic rings. The van der Waals surface area contributed by atoms with Gasteiger partial charge < -0.3 is 9.47 Å². The van der Waals surface area contributed by atoms with E-state index < -0.39 is 18.1 Å². The second kappa shape index (κ2) is 8.50. The number of hydrogen-bond donors (Lipinski definition) is 0. The smallest absolute Gasteiger partial charge is 0.266 e. The molecular formula is C27H26N2O5. The van der Waals surface area contributed by atoms with Crippen molar-refractivity contribution in [1.29, 1.82) is 0 Å². The quantitative estimate of drug-likeness (QED) is 0.529. The Morgan fingerprint density at radius 1 is 0.853 bits per heavy atom. The molecule has 2 aliphatic heterocycles. The number of ether oxygens (including phenoxy) is 2. The van der Waals surface area contributed by atoms with Crippen LogP contribution in [0.5, 0.6) is 11.5 Å². The molecule has 0 bridgehead atoms. The van der Waals surface area contributed by atoms with E-state index in [0.717, 1.165) is 22.4 Å². The van der Waals surface area contributed by atoms with E-state index in [0.29, 0.717) is 17.2 Å². The number of carbonyl (C=O) groups excluding carboxylic acids is 2. The molecule has 2 saturated heterocycles. The van der Waals surface area contributed by atoms with Gasteiger partial charge in [-0.25, -0.2) is 9.96 Å². The van der Waals surface area contributed by atoms with Gasteiger partial charge in [0.05, 0.1) is 31.6 Å². The molecule has 2 heterocycles. The average molecular weight is 459 g/mol.